The number of carbonyl (C=O) groups is 1. The van der Waals surface area contributed by atoms with Crippen LogP contribution >= 0.6 is 0 Å². The summed E-state index contributed by atoms with van der Waals surface area (Å²) < 4.78 is 8.30. The van der Waals surface area contributed by atoms with Crippen molar-refractivity contribution in [2.24, 2.45) is 7.05 Å². The predicted octanol–water partition coefficient (Wildman–Crippen LogP) is 2.84. The van der Waals surface area contributed by atoms with Gasteiger partial charge in [-0.1, -0.05) is 36.4 Å². The number of hydrogen-bond donors (Lipinski definition) is 1. The minimum atomic E-state index is -0.492. The number of benzene rings is 3. The first kappa shape index (κ1) is 17.9. The molecule has 1 amide bonds. The highest BCUT2D eigenvalue weighted by Gasteiger charge is 2.32. The molecule has 0 spiro atoms. The van der Waals surface area contributed by atoms with Crippen molar-refractivity contribution in [1.29, 1.82) is 0 Å². The van der Waals surface area contributed by atoms with E-state index in [0.717, 1.165) is 15.8 Å². The highest BCUT2D eigenvalue weighted by molar-refractivity contribution is 5.99. The third kappa shape index (κ3) is 2.95. The monoisotopic (exact) mass is 399 g/mol. The van der Waals surface area contributed by atoms with Crippen LogP contribution < -0.4 is 15.7 Å². The fourth-order valence-electron chi connectivity index (χ4n) is 3.57. The second-order valence-electron chi connectivity index (χ2n) is 6.94. The number of nitrogens with zero attached hydrogens (tertiary/aromatic N) is 4. The minimum Gasteiger partial charge on any atom is -0.457 e. The summed E-state index contributed by atoms with van der Waals surface area (Å²) in [6, 6.07) is 21.9. The highest BCUT2D eigenvalue weighted by atomic mass is 16.5. The molecule has 0 bridgehead atoms. The Morgan fingerprint density at radius 1 is 0.900 bits per heavy atom. The van der Waals surface area contributed by atoms with E-state index in [9.17, 15) is 9.59 Å². The van der Waals surface area contributed by atoms with Gasteiger partial charge < -0.3 is 10.1 Å². The Bertz CT molecular complexity index is 1260. The molecule has 0 saturated carbocycles. The largest absolute Gasteiger partial charge is 0.457 e. The second kappa shape index (κ2) is 7.00. The lowest BCUT2D eigenvalue weighted by Gasteiger charge is -2.27. The van der Waals surface area contributed by atoms with Crippen LogP contribution in [0.1, 0.15) is 17.0 Å². The van der Waals surface area contributed by atoms with Crippen molar-refractivity contribution in [1.82, 2.24) is 19.8 Å². The van der Waals surface area contributed by atoms with Gasteiger partial charge in [0.15, 0.2) is 0 Å². The van der Waals surface area contributed by atoms with Gasteiger partial charge in [0.25, 0.3) is 0 Å². The number of aryl methyl sites for hydroxylation is 1. The Morgan fingerprint density at radius 2 is 1.50 bits per heavy atom. The molecule has 1 aliphatic rings. The van der Waals surface area contributed by atoms with Gasteiger partial charge in [-0.2, -0.15) is 9.36 Å². The van der Waals surface area contributed by atoms with Crippen LogP contribution in [0.2, 0.25) is 0 Å². The van der Waals surface area contributed by atoms with Gasteiger partial charge in [0.1, 0.15) is 11.5 Å². The van der Waals surface area contributed by atoms with Crippen LogP contribution in [0.15, 0.2) is 77.6 Å². The highest BCUT2D eigenvalue weighted by Crippen LogP contribution is 2.44. The molecule has 8 nitrogen and oxygen atoms in total. The normalized spacial score (nSPS) is 12.6. The van der Waals surface area contributed by atoms with Gasteiger partial charge in [-0.3, -0.25) is 4.79 Å². The Kier molecular flexibility index (Phi) is 4.17. The summed E-state index contributed by atoms with van der Waals surface area (Å²) in [5, 5.41) is 10.5. The molecule has 0 radical (unpaired) electrons. The maximum Gasteiger partial charge on any atom is 0.368 e. The summed E-state index contributed by atoms with van der Waals surface area (Å²) in [5.74, 6) is 0.693. The first-order chi connectivity index (χ1) is 14.6. The van der Waals surface area contributed by atoms with Crippen LogP contribution in [-0.2, 0) is 11.8 Å². The zero-order valence-electron chi connectivity index (χ0n) is 16.0. The number of carbonyl (C=O) groups excluding carboxylic acids is 1. The molecule has 30 heavy (non-hydrogen) atoms. The van der Waals surface area contributed by atoms with Gasteiger partial charge in [0, 0.05) is 23.9 Å². The van der Waals surface area contributed by atoms with E-state index in [2.05, 4.69) is 15.7 Å². The molecule has 3 aromatic carbocycles. The smallest absolute Gasteiger partial charge is 0.368 e. The molecule has 0 saturated heterocycles. The van der Waals surface area contributed by atoms with E-state index in [1.54, 1.807) is 24.3 Å². The van der Waals surface area contributed by atoms with E-state index in [0.29, 0.717) is 22.9 Å². The fraction of sp³-hybridized carbons (Fsp3) is 0.0909. The molecule has 8 heteroatoms. The lowest BCUT2D eigenvalue weighted by molar-refractivity contribution is -0.116. The molecule has 1 aromatic heterocycles. The average Bonchev–Trinajstić information content (AvgIpc) is 3.10. The first-order valence-corrected chi connectivity index (χ1v) is 9.38. The van der Waals surface area contributed by atoms with Crippen molar-refractivity contribution in [3.05, 3.63) is 94.4 Å². The van der Waals surface area contributed by atoms with Gasteiger partial charge in [0.05, 0.1) is 11.6 Å². The molecule has 4 aromatic rings. The second-order valence-corrected chi connectivity index (χ2v) is 6.94. The molecule has 0 unspecified atom stereocenters. The fourth-order valence-corrected chi connectivity index (χ4v) is 3.57. The van der Waals surface area contributed by atoms with Crippen molar-refractivity contribution in [2.45, 2.75) is 5.92 Å². The molecule has 1 aliphatic heterocycles. The molecule has 1 N–H and O–H groups in total. The lowest BCUT2D eigenvalue weighted by atomic mass is 9.87. The molecule has 2 heterocycles. The van der Waals surface area contributed by atoms with Crippen LogP contribution in [0.4, 0.5) is 5.69 Å². The number of rotatable bonds is 3. The van der Waals surface area contributed by atoms with Crippen LogP contribution in [0.3, 0.4) is 0 Å². The zero-order chi connectivity index (χ0) is 20.7. The number of aromatic nitrogens is 4. The number of anilines is 1. The van der Waals surface area contributed by atoms with E-state index in [4.69, 9.17) is 4.74 Å². The average molecular weight is 399 g/mol. The summed E-state index contributed by atoms with van der Waals surface area (Å²) in [6.07, 6.45) is 0. The molecular formula is C22H17N5O3. The number of amides is 1. The number of nitrogens with one attached hydrogen (secondary N) is 1. The Morgan fingerprint density at radius 3 is 2.07 bits per heavy atom. The van der Waals surface area contributed by atoms with E-state index in [-0.39, 0.29) is 11.6 Å². The number of ether oxygens (including phenoxy) is 1. The Labute approximate surface area is 171 Å². The Balaban J connectivity index is 1.45. The van der Waals surface area contributed by atoms with E-state index < -0.39 is 5.92 Å². The van der Waals surface area contributed by atoms with Crippen LogP contribution in [0, 0.1) is 0 Å². The van der Waals surface area contributed by atoms with Crippen molar-refractivity contribution in [2.75, 3.05) is 5.32 Å². The summed E-state index contributed by atoms with van der Waals surface area (Å²) in [5.41, 5.74) is 2.46. The van der Waals surface area contributed by atoms with Gasteiger partial charge in [0.2, 0.25) is 5.91 Å². The van der Waals surface area contributed by atoms with E-state index in [1.807, 2.05) is 48.5 Å². The number of tetrazole rings is 1. The molecule has 0 aliphatic carbocycles. The third-order valence-electron chi connectivity index (χ3n) is 5.04. The molecule has 148 valence electrons. The van der Waals surface area contributed by atoms with Crippen molar-refractivity contribution >= 4 is 11.6 Å². The molecule has 0 atom stereocenters. The van der Waals surface area contributed by atoms with Gasteiger partial charge in [-0.05, 0) is 46.8 Å². The van der Waals surface area contributed by atoms with Crippen molar-refractivity contribution in [3.63, 3.8) is 0 Å². The van der Waals surface area contributed by atoms with Crippen molar-refractivity contribution < 1.29 is 9.53 Å². The SMILES string of the molecule is Cn1nnn(-c2ccc(NC(=O)C3c4ccccc4Oc4ccccc43)cc2)c1=O. The quantitative estimate of drug-likeness (QED) is 0.572. The Hall–Kier alpha value is -4.20. The van der Waals surface area contributed by atoms with Crippen molar-refractivity contribution in [3.8, 4) is 17.2 Å². The zero-order valence-corrected chi connectivity index (χ0v) is 16.0. The minimum absolute atomic E-state index is 0.164. The van der Waals surface area contributed by atoms with Gasteiger partial charge >= 0.3 is 5.69 Å². The van der Waals surface area contributed by atoms with E-state index in [1.165, 1.54) is 11.7 Å². The van der Waals surface area contributed by atoms with Crippen LogP contribution in [0.5, 0.6) is 11.5 Å². The van der Waals surface area contributed by atoms with E-state index >= 15 is 0 Å². The standard InChI is InChI=1S/C22H17N5O3/c1-26-22(29)27(25-24-26)15-12-10-14(11-13-15)23-21(28)20-16-6-2-4-8-18(16)30-19-9-5-3-7-17(19)20/h2-13,20H,1H3,(H,23,28). The summed E-state index contributed by atoms with van der Waals surface area (Å²) in [7, 11) is 1.53. The van der Waals surface area contributed by atoms with Gasteiger partial charge in [-0.25, -0.2) is 4.79 Å². The van der Waals surface area contributed by atoms with Crippen LogP contribution in [-0.4, -0.2) is 25.7 Å². The van der Waals surface area contributed by atoms with Gasteiger partial charge in [-0.15, -0.1) is 0 Å². The number of hydrogen-bond acceptors (Lipinski definition) is 5. The lowest BCUT2D eigenvalue weighted by Crippen LogP contribution is -2.25. The number of fused-ring (bicyclic) bond motifs is 2. The maximum absolute atomic E-state index is 13.3. The molecule has 5 rings (SSSR count). The number of para-hydroxylation sites is 2. The topological polar surface area (TPSA) is 91.0 Å². The predicted molar refractivity (Wildman–Crippen MR) is 110 cm³/mol. The summed E-state index contributed by atoms with van der Waals surface area (Å²) in [4.78, 5) is 25.2. The summed E-state index contributed by atoms with van der Waals surface area (Å²) in [6.45, 7) is 0. The third-order valence-corrected chi connectivity index (χ3v) is 5.04. The maximum atomic E-state index is 13.3. The van der Waals surface area contributed by atoms with Crippen LogP contribution in [0.25, 0.3) is 5.69 Å². The summed E-state index contributed by atoms with van der Waals surface area (Å²) >= 11 is 0. The molecular weight excluding hydrogens is 382 g/mol. The first-order valence-electron chi connectivity index (χ1n) is 9.38. The molecule has 0 fully saturated rings.